The highest BCUT2D eigenvalue weighted by molar-refractivity contribution is 6.35. The Morgan fingerprint density at radius 1 is 0.952 bits per heavy atom. The van der Waals surface area contributed by atoms with E-state index in [1.165, 1.54) is 6.07 Å². The van der Waals surface area contributed by atoms with Crippen LogP contribution in [0.1, 0.15) is 11.1 Å². The fraction of sp³-hybridized carbons (Fsp3) is 0.133. The average Bonchev–Trinajstić information content (AvgIpc) is 2.52. The fourth-order valence-corrected chi connectivity index (χ4v) is 1.66. The normalized spacial score (nSPS) is 9.95. The van der Waals surface area contributed by atoms with Gasteiger partial charge in [-0.05, 0) is 23.8 Å². The number of halogens is 1. The van der Waals surface area contributed by atoms with E-state index in [1.54, 1.807) is 42.7 Å². The van der Waals surface area contributed by atoms with Crippen LogP contribution in [0, 0.1) is 5.82 Å². The summed E-state index contributed by atoms with van der Waals surface area (Å²) in [4.78, 5) is 27.0. The minimum absolute atomic E-state index is 0.0335. The largest absolute Gasteiger partial charge is 0.344 e. The van der Waals surface area contributed by atoms with E-state index in [0.717, 1.165) is 5.56 Å². The molecule has 0 aliphatic rings. The highest BCUT2D eigenvalue weighted by Gasteiger charge is 2.13. The second kappa shape index (κ2) is 7.14. The molecule has 0 aliphatic heterocycles. The molecule has 0 atom stereocenters. The van der Waals surface area contributed by atoms with Gasteiger partial charge in [-0.25, -0.2) is 4.39 Å². The maximum Gasteiger partial charge on any atom is 0.309 e. The van der Waals surface area contributed by atoms with Gasteiger partial charge in [-0.15, -0.1) is 0 Å². The van der Waals surface area contributed by atoms with Gasteiger partial charge < -0.3 is 10.6 Å². The number of nitrogens with one attached hydrogen (secondary N) is 2. The summed E-state index contributed by atoms with van der Waals surface area (Å²) < 4.78 is 13.4. The number of hydrogen-bond donors (Lipinski definition) is 2. The lowest BCUT2D eigenvalue weighted by atomic mass is 10.2. The molecule has 0 radical (unpaired) electrons. The summed E-state index contributed by atoms with van der Waals surface area (Å²) in [6, 6.07) is 9.53. The topological polar surface area (TPSA) is 71.1 Å². The summed E-state index contributed by atoms with van der Waals surface area (Å²) in [5, 5.41) is 4.85. The van der Waals surface area contributed by atoms with E-state index < -0.39 is 17.6 Å². The van der Waals surface area contributed by atoms with Crippen LogP contribution in [0.3, 0.4) is 0 Å². The van der Waals surface area contributed by atoms with Crippen LogP contribution in [-0.4, -0.2) is 16.8 Å². The molecule has 6 heteroatoms. The second-order valence-electron chi connectivity index (χ2n) is 4.31. The van der Waals surface area contributed by atoms with Crippen LogP contribution >= 0.6 is 0 Å². The lowest BCUT2D eigenvalue weighted by molar-refractivity contribution is -0.139. The minimum Gasteiger partial charge on any atom is -0.344 e. The van der Waals surface area contributed by atoms with Crippen molar-refractivity contribution in [2.24, 2.45) is 0 Å². The van der Waals surface area contributed by atoms with Gasteiger partial charge in [-0.2, -0.15) is 0 Å². The Morgan fingerprint density at radius 3 is 2.24 bits per heavy atom. The molecular weight excluding hydrogens is 273 g/mol. The SMILES string of the molecule is O=C(NCc1ccncc1)C(=O)NCc1ccccc1F. The molecule has 1 aromatic heterocycles. The summed E-state index contributed by atoms with van der Waals surface area (Å²) in [5.74, 6) is -1.98. The molecule has 0 bridgehead atoms. The van der Waals surface area contributed by atoms with E-state index in [9.17, 15) is 14.0 Å². The number of carbonyl (C=O) groups excluding carboxylic acids is 2. The van der Waals surface area contributed by atoms with Crippen LogP contribution in [0.15, 0.2) is 48.8 Å². The first-order chi connectivity index (χ1) is 10.2. The molecule has 1 aromatic carbocycles. The first-order valence-electron chi connectivity index (χ1n) is 6.35. The van der Waals surface area contributed by atoms with Gasteiger partial charge in [0.2, 0.25) is 0 Å². The predicted octanol–water partition coefficient (Wildman–Crippen LogP) is 1.15. The van der Waals surface area contributed by atoms with Gasteiger partial charge in [0, 0.05) is 31.0 Å². The van der Waals surface area contributed by atoms with Crippen molar-refractivity contribution in [3.63, 3.8) is 0 Å². The maximum absolute atomic E-state index is 13.4. The third-order valence-electron chi connectivity index (χ3n) is 2.81. The molecule has 0 unspecified atom stereocenters. The Morgan fingerprint density at radius 2 is 1.57 bits per heavy atom. The zero-order valence-electron chi connectivity index (χ0n) is 11.2. The number of amides is 2. The summed E-state index contributed by atoms with van der Waals surface area (Å²) in [6.07, 6.45) is 3.19. The standard InChI is InChI=1S/C15H14FN3O2/c16-13-4-2-1-3-12(13)10-19-15(21)14(20)18-9-11-5-7-17-8-6-11/h1-8H,9-10H2,(H,18,20)(H,19,21). The molecule has 0 fully saturated rings. The Hall–Kier alpha value is -2.76. The van der Waals surface area contributed by atoms with Gasteiger partial charge >= 0.3 is 11.8 Å². The molecule has 5 nitrogen and oxygen atoms in total. The lowest BCUT2D eigenvalue weighted by Gasteiger charge is -2.07. The van der Waals surface area contributed by atoms with Crippen molar-refractivity contribution in [3.8, 4) is 0 Å². The first kappa shape index (κ1) is 14.6. The zero-order chi connectivity index (χ0) is 15.1. The van der Waals surface area contributed by atoms with Gasteiger partial charge in [0.05, 0.1) is 0 Å². The molecule has 0 saturated heterocycles. The summed E-state index contributed by atoms with van der Waals surface area (Å²) in [5.41, 5.74) is 1.16. The molecular formula is C15H14FN3O2. The van der Waals surface area contributed by atoms with Crippen LogP contribution in [0.2, 0.25) is 0 Å². The fourth-order valence-electron chi connectivity index (χ4n) is 1.66. The van der Waals surface area contributed by atoms with Crippen molar-refractivity contribution >= 4 is 11.8 Å². The van der Waals surface area contributed by atoms with Crippen LogP contribution < -0.4 is 10.6 Å². The van der Waals surface area contributed by atoms with Crippen molar-refractivity contribution in [2.75, 3.05) is 0 Å². The minimum atomic E-state index is -0.799. The molecule has 108 valence electrons. The van der Waals surface area contributed by atoms with Crippen molar-refractivity contribution in [2.45, 2.75) is 13.1 Å². The van der Waals surface area contributed by atoms with Crippen LogP contribution in [-0.2, 0) is 22.7 Å². The average molecular weight is 287 g/mol. The quantitative estimate of drug-likeness (QED) is 0.829. The second-order valence-corrected chi connectivity index (χ2v) is 4.31. The van der Waals surface area contributed by atoms with Gasteiger partial charge in [-0.1, -0.05) is 18.2 Å². The smallest absolute Gasteiger partial charge is 0.309 e. The molecule has 0 spiro atoms. The number of rotatable bonds is 4. The van der Waals surface area contributed by atoms with Crippen LogP contribution in [0.25, 0.3) is 0 Å². The van der Waals surface area contributed by atoms with Gasteiger partial charge in [0.1, 0.15) is 5.82 Å². The Kier molecular flexibility index (Phi) is 4.98. The number of benzene rings is 1. The summed E-state index contributed by atoms with van der Waals surface area (Å²) >= 11 is 0. The predicted molar refractivity (Wildman–Crippen MR) is 74.3 cm³/mol. The molecule has 1 heterocycles. The Balaban J connectivity index is 1.80. The van der Waals surface area contributed by atoms with E-state index in [4.69, 9.17) is 0 Å². The molecule has 2 rings (SSSR count). The third kappa shape index (κ3) is 4.38. The summed E-state index contributed by atoms with van der Waals surface area (Å²) in [6.45, 7) is 0.197. The van der Waals surface area contributed by atoms with E-state index in [0.29, 0.717) is 5.56 Å². The van der Waals surface area contributed by atoms with E-state index in [-0.39, 0.29) is 13.1 Å². The highest BCUT2D eigenvalue weighted by atomic mass is 19.1. The van der Waals surface area contributed by atoms with Crippen molar-refractivity contribution in [3.05, 3.63) is 65.7 Å². The maximum atomic E-state index is 13.4. The van der Waals surface area contributed by atoms with E-state index in [2.05, 4.69) is 15.6 Å². The zero-order valence-corrected chi connectivity index (χ0v) is 11.2. The van der Waals surface area contributed by atoms with E-state index >= 15 is 0 Å². The van der Waals surface area contributed by atoms with Gasteiger partial charge in [-0.3, -0.25) is 14.6 Å². The number of aromatic nitrogens is 1. The first-order valence-corrected chi connectivity index (χ1v) is 6.35. The highest BCUT2D eigenvalue weighted by Crippen LogP contribution is 2.05. The van der Waals surface area contributed by atoms with Crippen LogP contribution in [0.4, 0.5) is 4.39 Å². The molecule has 21 heavy (non-hydrogen) atoms. The number of nitrogens with zero attached hydrogens (tertiary/aromatic N) is 1. The van der Waals surface area contributed by atoms with Crippen molar-refractivity contribution < 1.29 is 14.0 Å². The molecule has 2 N–H and O–H groups in total. The lowest BCUT2D eigenvalue weighted by Crippen LogP contribution is -2.39. The molecule has 0 aliphatic carbocycles. The van der Waals surface area contributed by atoms with Crippen molar-refractivity contribution in [1.29, 1.82) is 0 Å². The van der Waals surface area contributed by atoms with Crippen LogP contribution in [0.5, 0.6) is 0 Å². The monoisotopic (exact) mass is 287 g/mol. The number of pyridine rings is 1. The van der Waals surface area contributed by atoms with Gasteiger partial charge in [0.15, 0.2) is 0 Å². The van der Waals surface area contributed by atoms with E-state index in [1.807, 2.05) is 0 Å². The van der Waals surface area contributed by atoms with Gasteiger partial charge in [0.25, 0.3) is 0 Å². The number of carbonyl (C=O) groups is 2. The molecule has 2 amide bonds. The third-order valence-corrected chi connectivity index (χ3v) is 2.81. The number of hydrogen-bond acceptors (Lipinski definition) is 3. The molecule has 2 aromatic rings. The summed E-state index contributed by atoms with van der Waals surface area (Å²) in [7, 11) is 0. The van der Waals surface area contributed by atoms with Crippen molar-refractivity contribution in [1.82, 2.24) is 15.6 Å². The Bertz CT molecular complexity index is 632. The Labute approximate surface area is 121 Å². The molecule has 0 saturated carbocycles.